The first-order chi connectivity index (χ1) is 33.2. The van der Waals surface area contributed by atoms with Gasteiger partial charge in [0.05, 0.1) is 45.8 Å². The van der Waals surface area contributed by atoms with E-state index in [1.807, 2.05) is 0 Å². The molecule has 21 nitrogen and oxygen atoms in total. The number of nitrogens with one attached hydrogen (secondary N) is 2. The molecule has 0 aliphatic carbocycles. The fourth-order valence-electron chi connectivity index (χ4n) is 7.11. The first-order valence-corrected chi connectivity index (χ1v) is 21.6. The molecule has 0 saturated carbocycles. The summed E-state index contributed by atoms with van der Waals surface area (Å²) in [5.74, 6) is -7.24. The first kappa shape index (κ1) is 54.8. The Kier molecular flexibility index (Phi) is 20.4. The summed E-state index contributed by atoms with van der Waals surface area (Å²) < 4.78 is 55.8. The highest BCUT2D eigenvalue weighted by atomic mass is 16.7. The Labute approximate surface area is 403 Å². The van der Waals surface area contributed by atoms with E-state index in [0.717, 1.165) is 45.9 Å². The Balaban J connectivity index is 1.73. The molecule has 21 heteroatoms. The maximum Gasteiger partial charge on any atom is 0.366 e. The number of benzene rings is 3. The molecule has 0 bridgehead atoms. The van der Waals surface area contributed by atoms with Gasteiger partial charge in [-0.05, 0) is 46.5 Å². The van der Waals surface area contributed by atoms with Crippen LogP contribution in [0.25, 0.3) is 11.1 Å². The molecule has 70 heavy (non-hydrogen) atoms. The minimum atomic E-state index is -2.58. The number of carbonyl (C=O) groups is 9. The molecule has 0 radical (unpaired) electrons. The van der Waals surface area contributed by atoms with Gasteiger partial charge in [-0.2, -0.15) is 0 Å². The van der Waals surface area contributed by atoms with Gasteiger partial charge in [0.1, 0.15) is 18.0 Å². The molecule has 2 amide bonds. The van der Waals surface area contributed by atoms with Gasteiger partial charge in [-0.3, -0.25) is 38.4 Å². The molecule has 4 rings (SSSR count). The first-order valence-electron chi connectivity index (χ1n) is 21.6. The zero-order valence-electron chi connectivity index (χ0n) is 39.5. The molecule has 1 fully saturated rings. The lowest BCUT2D eigenvalue weighted by atomic mass is 9.87. The number of esters is 7. The predicted octanol–water partition coefficient (Wildman–Crippen LogP) is 2.98. The minimum Gasteiger partial charge on any atom is -0.489 e. The minimum absolute atomic E-state index is 0.0314. The van der Waals surface area contributed by atoms with Crippen molar-refractivity contribution in [2.24, 2.45) is 0 Å². The molecule has 3 aromatic carbocycles. The summed E-state index contributed by atoms with van der Waals surface area (Å²) in [5, 5.41) is 5.20. The number of terminal acetylenes is 1. The monoisotopic (exact) mass is 974 g/mol. The largest absolute Gasteiger partial charge is 0.489 e. The Bertz CT molecular complexity index is 2430. The van der Waals surface area contributed by atoms with E-state index in [0.29, 0.717) is 11.3 Å². The summed E-state index contributed by atoms with van der Waals surface area (Å²) in [4.78, 5) is 114. The molecule has 1 saturated heterocycles. The molecule has 1 heterocycles. The summed E-state index contributed by atoms with van der Waals surface area (Å²) >= 11 is 0. The molecule has 0 aromatic heterocycles. The lowest BCUT2D eigenvalue weighted by molar-refractivity contribution is -0.317. The van der Waals surface area contributed by atoms with Crippen molar-refractivity contribution in [2.75, 3.05) is 26.9 Å². The second-order valence-electron chi connectivity index (χ2n) is 15.5. The van der Waals surface area contributed by atoms with Crippen LogP contribution in [0.2, 0.25) is 0 Å². The maximum atomic E-state index is 14.0. The topological polar surface area (TPSA) is 270 Å². The summed E-state index contributed by atoms with van der Waals surface area (Å²) in [5.41, 5.74) is 2.44. The van der Waals surface area contributed by atoms with E-state index in [-0.39, 0.29) is 36.5 Å². The van der Waals surface area contributed by atoms with Crippen molar-refractivity contribution in [3.63, 3.8) is 0 Å². The summed E-state index contributed by atoms with van der Waals surface area (Å²) in [6.07, 6.45) is -2.27. The summed E-state index contributed by atoms with van der Waals surface area (Å²) in [6.45, 7) is 4.75. The van der Waals surface area contributed by atoms with E-state index in [9.17, 15) is 43.2 Å². The van der Waals surface area contributed by atoms with Crippen LogP contribution in [0.3, 0.4) is 0 Å². The third-order valence-electron chi connectivity index (χ3n) is 9.91. The smallest absolute Gasteiger partial charge is 0.366 e. The molecule has 2 N–H and O–H groups in total. The number of methoxy groups -OCH3 is 1. The SMILES string of the molecule is C#CCCOc1ccc(CO[C@]2(C(=O)OC)C[C@H](OC(C)=O)[C@@H](NC(=O)COC(C)=O)[C@H]([C@H](OC(C)=O)[C@@H](CNC(=O)Cc3ccc(-c4ccc(OC(C)=O)cc4)cc3)OC(C)=O)O2)cc1OC(C)=O. The van der Waals surface area contributed by atoms with Crippen LogP contribution in [0.4, 0.5) is 0 Å². The summed E-state index contributed by atoms with van der Waals surface area (Å²) in [7, 11) is 0.999. The predicted molar refractivity (Wildman–Crippen MR) is 241 cm³/mol. The van der Waals surface area contributed by atoms with Crippen LogP contribution in [-0.4, -0.2) is 117 Å². The third-order valence-corrected chi connectivity index (χ3v) is 9.91. The van der Waals surface area contributed by atoms with Crippen molar-refractivity contribution in [3.05, 3.63) is 77.9 Å². The van der Waals surface area contributed by atoms with Crippen LogP contribution in [0, 0.1) is 12.3 Å². The average molecular weight is 975 g/mol. The highest BCUT2D eigenvalue weighted by Crippen LogP contribution is 2.38. The Hall–Kier alpha value is -7.83. The fourth-order valence-corrected chi connectivity index (χ4v) is 7.11. The number of rotatable bonds is 22. The average Bonchev–Trinajstić information content (AvgIpc) is 3.29. The van der Waals surface area contributed by atoms with Gasteiger partial charge in [-0.1, -0.05) is 42.5 Å². The number of carbonyl (C=O) groups excluding carboxylic acids is 9. The van der Waals surface area contributed by atoms with Gasteiger partial charge in [-0.15, -0.1) is 12.3 Å². The number of hydrogen-bond donors (Lipinski definition) is 2. The van der Waals surface area contributed by atoms with Crippen LogP contribution in [-0.2, 0) is 89.3 Å². The van der Waals surface area contributed by atoms with Crippen LogP contribution < -0.4 is 24.8 Å². The zero-order valence-corrected chi connectivity index (χ0v) is 39.5. The van der Waals surface area contributed by atoms with Crippen molar-refractivity contribution < 1.29 is 90.5 Å². The van der Waals surface area contributed by atoms with E-state index >= 15 is 0 Å². The quantitative estimate of drug-likeness (QED) is 0.0482. The van der Waals surface area contributed by atoms with Crippen LogP contribution in [0.15, 0.2) is 66.7 Å². The molecule has 0 spiro atoms. The number of hydrogen-bond acceptors (Lipinski definition) is 19. The van der Waals surface area contributed by atoms with E-state index in [1.54, 1.807) is 48.5 Å². The van der Waals surface area contributed by atoms with Gasteiger partial charge in [0, 0.05) is 48.0 Å². The maximum absolute atomic E-state index is 14.0. The van der Waals surface area contributed by atoms with Gasteiger partial charge >= 0.3 is 41.8 Å². The highest BCUT2D eigenvalue weighted by molar-refractivity contribution is 5.82. The molecule has 374 valence electrons. The Morgan fingerprint density at radius 2 is 1.37 bits per heavy atom. The van der Waals surface area contributed by atoms with Crippen molar-refractivity contribution in [1.29, 1.82) is 0 Å². The van der Waals surface area contributed by atoms with E-state index in [4.69, 9.17) is 53.8 Å². The lowest BCUT2D eigenvalue weighted by Gasteiger charge is -2.48. The second-order valence-corrected chi connectivity index (χ2v) is 15.5. The normalized spacial score (nSPS) is 17.9. The van der Waals surface area contributed by atoms with Crippen LogP contribution in [0.1, 0.15) is 65.5 Å². The van der Waals surface area contributed by atoms with E-state index in [2.05, 4.69) is 16.6 Å². The third kappa shape index (κ3) is 16.7. The fraction of sp³-hybridized carbons (Fsp3) is 0.408. The van der Waals surface area contributed by atoms with Crippen molar-refractivity contribution in [1.82, 2.24) is 10.6 Å². The second kappa shape index (κ2) is 26.1. The van der Waals surface area contributed by atoms with Crippen molar-refractivity contribution >= 4 is 53.6 Å². The van der Waals surface area contributed by atoms with Gasteiger partial charge in [0.25, 0.3) is 11.7 Å². The Morgan fingerprint density at radius 3 is 1.94 bits per heavy atom. The van der Waals surface area contributed by atoms with Gasteiger partial charge in [-0.25, -0.2) is 4.79 Å². The summed E-state index contributed by atoms with van der Waals surface area (Å²) in [6, 6.07) is 16.5. The highest BCUT2D eigenvalue weighted by Gasteiger charge is 2.59. The standard InChI is InChI=1S/C49H54N2O19/c1-9-10-21-62-39-20-13-35(22-40(39)66-30(4)54)26-64-49(48(60)61-8)24-41(67-31(5)55)45(51-44(59)27-63-28(2)52)47(70-49)46(69-33(7)57)42(68-32(6)56)25-50-43(58)23-34-11-14-36(15-12-34)37-16-18-38(19-17-37)65-29(3)53/h1,11-20,22,41-42,45-47H,10,21,23-27H2,2-8H3,(H,50,58)(H,51,59)/t41-,42+,45+,46+,47+,49+/m0/s1. The van der Waals surface area contributed by atoms with Gasteiger partial charge < -0.3 is 58.0 Å². The zero-order chi connectivity index (χ0) is 51.5. The van der Waals surface area contributed by atoms with Crippen LogP contribution in [0.5, 0.6) is 17.2 Å². The lowest BCUT2D eigenvalue weighted by Crippen LogP contribution is -2.69. The molecule has 6 atom stereocenters. The van der Waals surface area contributed by atoms with Crippen molar-refractivity contribution in [2.45, 2.75) is 104 Å². The van der Waals surface area contributed by atoms with Gasteiger partial charge in [0.15, 0.2) is 30.3 Å². The Morgan fingerprint density at radius 1 is 0.743 bits per heavy atom. The van der Waals surface area contributed by atoms with E-state index in [1.165, 1.54) is 32.0 Å². The van der Waals surface area contributed by atoms with E-state index < -0.39 is 116 Å². The van der Waals surface area contributed by atoms with Gasteiger partial charge in [0.2, 0.25) is 5.91 Å². The molecule has 3 aromatic rings. The number of amides is 2. The van der Waals surface area contributed by atoms with Crippen LogP contribution >= 0.6 is 0 Å². The molecule has 1 aliphatic heterocycles. The molecule has 0 unspecified atom stereocenters. The number of ether oxygens (including phenoxy) is 10. The molecular weight excluding hydrogens is 921 g/mol. The molecular formula is C49H54N2O19. The van der Waals surface area contributed by atoms with Crippen molar-refractivity contribution in [3.8, 4) is 40.7 Å². The molecule has 1 aliphatic rings.